The van der Waals surface area contributed by atoms with Gasteiger partial charge in [-0.1, -0.05) is 6.07 Å². The first-order valence-electron chi connectivity index (χ1n) is 8.89. The highest BCUT2D eigenvalue weighted by atomic mass is 19.4. The molecule has 10 heteroatoms. The predicted octanol–water partition coefficient (Wildman–Crippen LogP) is 3.56. The fourth-order valence-electron chi connectivity index (χ4n) is 2.69. The number of carbonyl (C=O) groups is 1. The van der Waals surface area contributed by atoms with Crippen molar-refractivity contribution < 1.29 is 37.7 Å². The number of halogens is 3. The van der Waals surface area contributed by atoms with E-state index in [-0.39, 0.29) is 17.0 Å². The van der Waals surface area contributed by atoms with Gasteiger partial charge in [0.2, 0.25) is 0 Å². The number of ether oxygens (including phenoxy) is 2. The molecular weight excluding hydrogens is 417 g/mol. The maximum Gasteiger partial charge on any atom is 0.573 e. The topological polar surface area (TPSA) is 115 Å². The molecule has 31 heavy (non-hydrogen) atoms. The third kappa shape index (κ3) is 5.93. The normalized spacial score (nSPS) is 12.3. The molecule has 1 heterocycles. The van der Waals surface area contributed by atoms with Crippen LogP contribution in [0.4, 0.5) is 13.2 Å². The molecule has 0 saturated carbocycles. The molecule has 0 spiro atoms. The van der Waals surface area contributed by atoms with E-state index >= 15 is 0 Å². The van der Waals surface area contributed by atoms with Crippen molar-refractivity contribution in [3.63, 3.8) is 0 Å². The van der Waals surface area contributed by atoms with Crippen molar-refractivity contribution in [3.05, 3.63) is 71.9 Å². The van der Waals surface area contributed by atoms with Crippen molar-refractivity contribution in [1.29, 1.82) is 0 Å². The second-order valence-electron chi connectivity index (χ2n) is 6.38. The Hall–Kier alpha value is -3.63. The minimum atomic E-state index is -4.81. The predicted molar refractivity (Wildman–Crippen MR) is 103 cm³/mol. The Labute approximate surface area is 174 Å². The summed E-state index contributed by atoms with van der Waals surface area (Å²) in [7, 11) is 0. The molecule has 1 atom stereocenters. The van der Waals surface area contributed by atoms with Gasteiger partial charge in [0.15, 0.2) is 0 Å². The summed E-state index contributed by atoms with van der Waals surface area (Å²) in [5, 5.41) is 19.0. The Balaban J connectivity index is 1.83. The van der Waals surface area contributed by atoms with E-state index in [4.69, 9.17) is 15.6 Å². The number of hydrogen-bond acceptors (Lipinski definition) is 6. The van der Waals surface area contributed by atoms with E-state index in [9.17, 15) is 23.1 Å². The zero-order chi connectivity index (χ0) is 22.6. The molecule has 0 saturated heterocycles. The summed E-state index contributed by atoms with van der Waals surface area (Å²) >= 11 is 0. The average Bonchev–Trinajstić information content (AvgIpc) is 2.72. The maximum atomic E-state index is 12.4. The van der Waals surface area contributed by atoms with E-state index in [1.807, 2.05) is 0 Å². The van der Waals surface area contributed by atoms with Gasteiger partial charge >= 0.3 is 6.36 Å². The number of primary amides is 1. The van der Waals surface area contributed by atoms with Crippen LogP contribution < -0.4 is 15.2 Å². The van der Waals surface area contributed by atoms with Crippen LogP contribution in [0.2, 0.25) is 0 Å². The molecule has 0 bridgehead atoms. The van der Waals surface area contributed by atoms with Crippen LogP contribution in [0.5, 0.6) is 17.2 Å². The zero-order valence-electron chi connectivity index (χ0n) is 15.8. The van der Waals surface area contributed by atoms with E-state index in [2.05, 4.69) is 9.72 Å². The van der Waals surface area contributed by atoms with E-state index in [1.165, 1.54) is 24.3 Å². The minimum Gasteiger partial charge on any atom is -0.457 e. The number of alkyl halides is 3. The lowest BCUT2D eigenvalue weighted by molar-refractivity contribution is -0.274. The summed E-state index contributed by atoms with van der Waals surface area (Å²) in [4.78, 5) is 15.7. The molecule has 162 valence electrons. The van der Waals surface area contributed by atoms with Gasteiger partial charge in [0.25, 0.3) is 5.91 Å². The van der Waals surface area contributed by atoms with Crippen molar-refractivity contribution in [2.45, 2.75) is 12.5 Å². The zero-order valence-corrected chi connectivity index (χ0v) is 15.8. The second-order valence-corrected chi connectivity index (χ2v) is 6.38. The van der Waals surface area contributed by atoms with Crippen LogP contribution in [-0.2, 0) is 0 Å². The number of amides is 1. The lowest BCUT2D eigenvalue weighted by Crippen LogP contribution is -2.17. The summed E-state index contributed by atoms with van der Waals surface area (Å²) in [6, 6.07) is 14.2. The monoisotopic (exact) mass is 434 g/mol. The number of nitrogens with two attached hydrogens (primary N) is 1. The summed E-state index contributed by atoms with van der Waals surface area (Å²) in [6.45, 7) is -0.550. The summed E-state index contributed by atoms with van der Waals surface area (Å²) in [6.07, 6.45) is -6.02. The number of aliphatic hydroxyl groups excluding tert-OH is 2. The first-order valence-corrected chi connectivity index (χ1v) is 8.89. The van der Waals surface area contributed by atoms with Gasteiger partial charge in [-0.2, -0.15) is 0 Å². The molecular formula is C21H17F3N2O5. The molecule has 3 aromatic rings. The van der Waals surface area contributed by atoms with Crippen molar-refractivity contribution in [3.8, 4) is 28.5 Å². The largest absolute Gasteiger partial charge is 0.573 e. The second kappa shape index (κ2) is 9.02. The smallest absolute Gasteiger partial charge is 0.457 e. The maximum absolute atomic E-state index is 12.4. The Kier molecular flexibility index (Phi) is 6.42. The van der Waals surface area contributed by atoms with E-state index in [0.29, 0.717) is 17.0 Å². The molecule has 0 fully saturated rings. The number of pyridine rings is 1. The standard InChI is InChI=1S/C21H17F3N2O5/c22-21(23,24)31-16-3-1-2-15(10-16)30-14-6-4-12(5-7-14)17-8-13(19(28)11-27)9-18(26-17)20(25)29/h1-10,19,27-28H,11H2,(H2,25,29)/t19-/m1/s1. The molecule has 1 amide bonds. The number of benzene rings is 2. The van der Waals surface area contributed by atoms with Crippen LogP contribution in [0.15, 0.2) is 60.7 Å². The number of rotatable bonds is 7. The fraction of sp³-hybridized carbons (Fsp3) is 0.143. The first-order chi connectivity index (χ1) is 14.6. The number of aromatic nitrogens is 1. The third-order valence-corrected chi connectivity index (χ3v) is 4.08. The molecule has 3 rings (SSSR count). The van der Waals surface area contributed by atoms with Crippen LogP contribution in [0, 0.1) is 0 Å². The quantitative estimate of drug-likeness (QED) is 0.524. The number of hydrogen-bond donors (Lipinski definition) is 3. The van der Waals surface area contributed by atoms with Gasteiger partial charge in [0.05, 0.1) is 12.3 Å². The van der Waals surface area contributed by atoms with Crippen molar-refractivity contribution in [2.75, 3.05) is 6.61 Å². The van der Waals surface area contributed by atoms with Gasteiger partial charge < -0.3 is 25.4 Å². The van der Waals surface area contributed by atoms with Gasteiger partial charge in [-0.3, -0.25) is 4.79 Å². The molecule has 1 aromatic heterocycles. The highest BCUT2D eigenvalue weighted by molar-refractivity contribution is 5.91. The summed E-state index contributed by atoms with van der Waals surface area (Å²) in [5.74, 6) is -0.746. The molecule has 2 aromatic carbocycles. The van der Waals surface area contributed by atoms with Gasteiger partial charge in [-0.25, -0.2) is 4.98 Å². The van der Waals surface area contributed by atoms with E-state index in [1.54, 1.807) is 24.3 Å². The van der Waals surface area contributed by atoms with E-state index in [0.717, 1.165) is 12.1 Å². The molecule has 0 radical (unpaired) electrons. The highest BCUT2D eigenvalue weighted by Gasteiger charge is 2.31. The minimum absolute atomic E-state index is 0.0817. The molecule has 0 aliphatic carbocycles. The first kappa shape index (κ1) is 22.1. The Morgan fingerprint density at radius 2 is 1.71 bits per heavy atom. The van der Waals surface area contributed by atoms with Crippen LogP contribution in [0.25, 0.3) is 11.3 Å². The highest BCUT2D eigenvalue weighted by Crippen LogP contribution is 2.30. The lowest BCUT2D eigenvalue weighted by atomic mass is 10.0. The fourth-order valence-corrected chi connectivity index (χ4v) is 2.69. The van der Waals surface area contributed by atoms with Crippen LogP contribution in [0.3, 0.4) is 0 Å². The Bertz CT molecular complexity index is 1070. The third-order valence-electron chi connectivity index (χ3n) is 4.08. The molecule has 0 aliphatic rings. The Morgan fingerprint density at radius 3 is 2.32 bits per heavy atom. The van der Waals surface area contributed by atoms with Gasteiger partial charge in [-0.05, 0) is 54.1 Å². The lowest BCUT2D eigenvalue weighted by Gasteiger charge is -2.12. The summed E-state index contributed by atoms with van der Waals surface area (Å²) in [5.41, 5.74) is 6.35. The average molecular weight is 434 g/mol. The van der Waals surface area contributed by atoms with Crippen molar-refractivity contribution >= 4 is 5.91 Å². The molecule has 0 unspecified atom stereocenters. The number of aliphatic hydroxyl groups is 2. The van der Waals surface area contributed by atoms with Crippen molar-refractivity contribution in [2.24, 2.45) is 5.73 Å². The van der Waals surface area contributed by atoms with Gasteiger partial charge in [-0.15, -0.1) is 13.2 Å². The van der Waals surface area contributed by atoms with Crippen molar-refractivity contribution in [1.82, 2.24) is 4.98 Å². The molecule has 0 aliphatic heterocycles. The summed E-state index contributed by atoms with van der Waals surface area (Å²) < 4.78 is 46.5. The van der Waals surface area contributed by atoms with Crippen LogP contribution >= 0.6 is 0 Å². The molecule has 7 nitrogen and oxygen atoms in total. The van der Waals surface area contributed by atoms with Crippen LogP contribution in [0.1, 0.15) is 22.2 Å². The molecule has 4 N–H and O–H groups in total. The number of carbonyl (C=O) groups excluding carboxylic acids is 1. The van der Waals surface area contributed by atoms with Crippen LogP contribution in [-0.4, -0.2) is 34.1 Å². The SMILES string of the molecule is NC(=O)c1cc([C@H](O)CO)cc(-c2ccc(Oc3cccc(OC(F)(F)F)c3)cc2)n1. The number of nitrogens with zero attached hydrogens (tertiary/aromatic N) is 1. The van der Waals surface area contributed by atoms with Gasteiger partial charge in [0, 0.05) is 11.6 Å². The van der Waals surface area contributed by atoms with Gasteiger partial charge in [0.1, 0.15) is 29.0 Å². The Morgan fingerprint density at radius 1 is 1.03 bits per heavy atom. The van der Waals surface area contributed by atoms with E-state index < -0.39 is 30.7 Å².